The minimum Gasteiger partial charge on any atom is -0.326 e. The summed E-state index contributed by atoms with van der Waals surface area (Å²) in [5, 5.41) is 6.22. The van der Waals surface area contributed by atoms with Crippen LogP contribution in [0.15, 0.2) is 24.3 Å². The van der Waals surface area contributed by atoms with Gasteiger partial charge in [-0.05, 0) is 43.5 Å². The van der Waals surface area contributed by atoms with Crippen LogP contribution in [-0.4, -0.2) is 47.9 Å². The highest BCUT2D eigenvalue weighted by Crippen LogP contribution is 2.20. The number of nitrogens with one attached hydrogen (secondary N) is 2. The quantitative estimate of drug-likeness (QED) is 0.874. The van der Waals surface area contributed by atoms with Crippen LogP contribution in [0.3, 0.4) is 0 Å². The van der Waals surface area contributed by atoms with Crippen molar-refractivity contribution in [3.63, 3.8) is 0 Å². The Balaban J connectivity index is 1.81. The number of rotatable bonds is 5. The third-order valence-electron chi connectivity index (χ3n) is 3.42. The predicted octanol–water partition coefficient (Wildman–Crippen LogP) is 2.02. The molecular formula is C15H21N3O2S. The fraction of sp³-hybridized carbons (Fsp3) is 0.467. The first-order valence-electron chi connectivity index (χ1n) is 6.99. The van der Waals surface area contributed by atoms with Gasteiger partial charge in [0.15, 0.2) is 0 Å². The topological polar surface area (TPSA) is 61.4 Å². The number of carbonyl (C=O) groups excluding carboxylic acids is 2. The number of carbonyl (C=O) groups is 2. The summed E-state index contributed by atoms with van der Waals surface area (Å²) in [7, 11) is 0. The third-order valence-corrected chi connectivity index (χ3v) is 4.47. The highest BCUT2D eigenvalue weighted by atomic mass is 32.2. The van der Waals surface area contributed by atoms with Crippen LogP contribution in [0.25, 0.3) is 0 Å². The summed E-state index contributed by atoms with van der Waals surface area (Å²) >= 11 is 1.87. The first kappa shape index (κ1) is 15.9. The highest BCUT2D eigenvalue weighted by Gasteiger charge is 2.23. The van der Waals surface area contributed by atoms with Crippen molar-refractivity contribution >= 4 is 35.0 Å². The van der Waals surface area contributed by atoms with E-state index in [0.717, 1.165) is 30.9 Å². The molecule has 1 aliphatic rings. The van der Waals surface area contributed by atoms with Gasteiger partial charge in [0, 0.05) is 30.1 Å². The zero-order valence-corrected chi connectivity index (χ0v) is 13.2. The van der Waals surface area contributed by atoms with E-state index < -0.39 is 0 Å². The molecule has 6 heteroatoms. The number of likely N-dealkylation sites (tertiary alicyclic amines) is 1. The molecule has 0 aromatic heterocycles. The van der Waals surface area contributed by atoms with Gasteiger partial charge in [0.1, 0.15) is 0 Å². The molecule has 0 radical (unpaired) electrons. The largest absolute Gasteiger partial charge is 0.326 e. The average molecular weight is 307 g/mol. The van der Waals surface area contributed by atoms with Crippen LogP contribution in [0.1, 0.15) is 13.3 Å². The third kappa shape index (κ3) is 5.06. The SMILES string of the molecule is CS[C@@H]1CCN(CC(=O)Nc2ccc(NC(C)=O)cc2)C1. The number of thioether (sulfide) groups is 1. The lowest BCUT2D eigenvalue weighted by atomic mass is 10.2. The fourth-order valence-electron chi connectivity index (χ4n) is 2.38. The van der Waals surface area contributed by atoms with Gasteiger partial charge in [-0.15, -0.1) is 0 Å². The zero-order valence-electron chi connectivity index (χ0n) is 12.4. The van der Waals surface area contributed by atoms with E-state index in [-0.39, 0.29) is 11.8 Å². The second kappa shape index (κ2) is 7.47. The number of nitrogens with zero attached hydrogens (tertiary/aromatic N) is 1. The van der Waals surface area contributed by atoms with Crippen molar-refractivity contribution in [2.45, 2.75) is 18.6 Å². The van der Waals surface area contributed by atoms with E-state index in [1.807, 2.05) is 11.8 Å². The van der Waals surface area contributed by atoms with Crippen LogP contribution >= 0.6 is 11.8 Å². The van der Waals surface area contributed by atoms with Crippen molar-refractivity contribution in [1.29, 1.82) is 0 Å². The molecule has 0 spiro atoms. The molecule has 1 saturated heterocycles. The Hall–Kier alpha value is -1.53. The van der Waals surface area contributed by atoms with Crippen LogP contribution in [0.2, 0.25) is 0 Å². The number of amides is 2. The molecule has 2 rings (SSSR count). The molecular weight excluding hydrogens is 286 g/mol. The second-order valence-corrected chi connectivity index (χ2v) is 6.33. The van der Waals surface area contributed by atoms with E-state index >= 15 is 0 Å². The van der Waals surface area contributed by atoms with E-state index in [1.165, 1.54) is 6.92 Å². The van der Waals surface area contributed by atoms with Gasteiger partial charge in [0.25, 0.3) is 0 Å². The molecule has 5 nitrogen and oxygen atoms in total. The van der Waals surface area contributed by atoms with Gasteiger partial charge in [-0.25, -0.2) is 0 Å². The normalized spacial score (nSPS) is 18.5. The number of anilines is 2. The van der Waals surface area contributed by atoms with Crippen LogP contribution in [-0.2, 0) is 9.59 Å². The molecule has 1 aliphatic heterocycles. The van der Waals surface area contributed by atoms with E-state index in [9.17, 15) is 9.59 Å². The summed E-state index contributed by atoms with van der Waals surface area (Å²) in [6, 6.07) is 7.13. The maximum atomic E-state index is 12.0. The molecule has 1 fully saturated rings. The van der Waals surface area contributed by atoms with Crippen molar-refractivity contribution in [3.8, 4) is 0 Å². The van der Waals surface area contributed by atoms with Gasteiger partial charge >= 0.3 is 0 Å². The van der Waals surface area contributed by atoms with E-state index in [4.69, 9.17) is 0 Å². The average Bonchev–Trinajstić information content (AvgIpc) is 2.88. The van der Waals surface area contributed by atoms with Crippen LogP contribution in [0.4, 0.5) is 11.4 Å². The zero-order chi connectivity index (χ0) is 15.2. The van der Waals surface area contributed by atoms with Gasteiger partial charge < -0.3 is 10.6 Å². The minimum absolute atomic E-state index is 0.00373. The Morgan fingerprint density at radius 2 is 1.86 bits per heavy atom. The Labute approximate surface area is 129 Å². The van der Waals surface area contributed by atoms with Crippen molar-refractivity contribution in [2.24, 2.45) is 0 Å². The van der Waals surface area contributed by atoms with E-state index in [2.05, 4.69) is 21.8 Å². The smallest absolute Gasteiger partial charge is 0.238 e. The Morgan fingerprint density at radius 1 is 1.24 bits per heavy atom. The molecule has 2 amide bonds. The summed E-state index contributed by atoms with van der Waals surface area (Å²) in [5.74, 6) is -0.104. The summed E-state index contributed by atoms with van der Waals surface area (Å²) in [6.07, 6.45) is 3.27. The lowest BCUT2D eigenvalue weighted by Crippen LogP contribution is -2.31. The maximum Gasteiger partial charge on any atom is 0.238 e. The highest BCUT2D eigenvalue weighted by molar-refractivity contribution is 7.99. The van der Waals surface area contributed by atoms with E-state index in [0.29, 0.717) is 11.8 Å². The second-order valence-electron chi connectivity index (χ2n) is 5.19. The molecule has 0 aliphatic carbocycles. The van der Waals surface area contributed by atoms with Crippen molar-refractivity contribution in [3.05, 3.63) is 24.3 Å². The van der Waals surface area contributed by atoms with Crippen molar-refractivity contribution < 1.29 is 9.59 Å². The molecule has 21 heavy (non-hydrogen) atoms. The molecule has 0 saturated carbocycles. The Kier molecular flexibility index (Phi) is 5.64. The minimum atomic E-state index is -0.107. The molecule has 0 unspecified atom stereocenters. The summed E-state index contributed by atoms with van der Waals surface area (Å²) in [5.41, 5.74) is 1.47. The van der Waals surface area contributed by atoms with Crippen LogP contribution < -0.4 is 10.6 Å². The van der Waals surface area contributed by atoms with E-state index in [1.54, 1.807) is 24.3 Å². The first-order chi connectivity index (χ1) is 10.1. The molecule has 1 heterocycles. The first-order valence-corrected chi connectivity index (χ1v) is 8.28. The summed E-state index contributed by atoms with van der Waals surface area (Å²) in [6.45, 7) is 3.87. The summed E-state index contributed by atoms with van der Waals surface area (Å²) < 4.78 is 0. The lowest BCUT2D eigenvalue weighted by molar-refractivity contribution is -0.117. The van der Waals surface area contributed by atoms with Gasteiger partial charge in [-0.2, -0.15) is 11.8 Å². The van der Waals surface area contributed by atoms with Gasteiger partial charge in [-0.1, -0.05) is 0 Å². The molecule has 1 atom stereocenters. The van der Waals surface area contributed by atoms with Crippen LogP contribution in [0, 0.1) is 0 Å². The standard InChI is InChI=1S/C15H21N3O2S/c1-11(19)16-12-3-5-13(6-4-12)17-15(20)10-18-8-7-14(9-18)21-2/h3-6,14H,7-10H2,1-2H3,(H,16,19)(H,17,20)/t14-/m1/s1. The van der Waals surface area contributed by atoms with Crippen molar-refractivity contribution in [1.82, 2.24) is 4.90 Å². The fourth-order valence-corrected chi connectivity index (χ4v) is 3.08. The maximum absolute atomic E-state index is 12.0. The van der Waals surface area contributed by atoms with Gasteiger partial charge in [-0.3, -0.25) is 14.5 Å². The molecule has 114 valence electrons. The number of hydrogen-bond acceptors (Lipinski definition) is 4. The Morgan fingerprint density at radius 3 is 2.38 bits per heavy atom. The monoisotopic (exact) mass is 307 g/mol. The van der Waals surface area contributed by atoms with Crippen LogP contribution in [0.5, 0.6) is 0 Å². The molecule has 2 N–H and O–H groups in total. The summed E-state index contributed by atoms with van der Waals surface area (Å²) in [4.78, 5) is 25.1. The Bertz CT molecular complexity index is 504. The molecule has 1 aromatic rings. The van der Waals surface area contributed by atoms with Gasteiger partial charge in [0.05, 0.1) is 6.54 Å². The van der Waals surface area contributed by atoms with Crippen molar-refractivity contribution in [2.75, 3.05) is 36.5 Å². The molecule has 1 aromatic carbocycles. The number of hydrogen-bond donors (Lipinski definition) is 2. The van der Waals surface area contributed by atoms with Gasteiger partial charge in [0.2, 0.25) is 11.8 Å². The lowest BCUT2D eigenvalue weighted by Gasteiger charge is -2.15. The molecule has 0 bridgehead atoms. The predicted molar refractivity (Wildman–Crippen MR) is 87.7 cm³/mol. The number of benzene rings is 1.